The second-order valence-corrected chi connectivity index (χ2v) is 9.97. The smallest absolute Gasteiger partial charge is 0.252 e. The van der Waals surface area contributed by atoms with Gasteiger partial charge in [-0.05, 0) is 66.5 Å². The molecule has 2 heterocycles. The molecule has 0 unspecified atom stereocenters. The molecule has 2 aliphatic rings. The highest BCUT2D eigenvalue weighted by Gasteiger charge is 2.34. The highest BCUT2D eigenvalue weighted by atomic mass is 16.1. The van der Waals surface area contributed by atoms with Gasteiger partial charge in [-0.15, -0.1) is 5.10 Å². The minimum absolute atomic E-state index is 0.0153. The van der Waals surface area contributed by atoms with Gasteiger partial charge in [-0.3, -0.25) is 9.69 Å². The predicted molar refractivity (Wildman–Crippen MR) is 130 cm³/mol. The summed E-state index contributed by atoms with van der Waals surface area (Å²) in [6.45, 7) is 4.89. The number of fused-ring (bicyclic) bond motifs is 1. The average molecular weight is 449 g/mol. The Bertz CT molecular complexity index is 1140. The van der Waals surface area contributed by atoms with Gasteiger partial charge < -0.3 is 4.98 Å². The third-order valence-electron chi connectivity index (χ3n) is 7.84. The molecular formula is C26H36N6O. The number of hydrogen-bond acceptors (Lipinski definition) is 5. The van der Waals surface area contributed by atoms with Crippen molar-refractivity contribution in [3.05, 3.63) is 51.6 Å². The van der Waals surface area contributed by atoms with E-state index < -0.39 is 0 Å². The Morgan fingerprint density at radius 1 is 1.12 bits per heavy atom. The molecule has 0 amide bonds. The van der Waals surface area contributed by atoms with Crippen molar-refractivity contribution in [2.24, 2.45) is 0 Å². The molecule has 2 aliphatic carbocycles. The number of aromatic amines is 1. The molecule has 0 radical (unpaired) electrons. The first-order chi connectivity index (χ1) is 16.2. The summed E-state index contributed by atoms with van der Waals surface area (Å²) in [4.78, 5) is 18.8. The quantitative estimate of drug-likeness (QED) is 0.536. The van der Waals surface area contributed by atoms with Gasteiger partial charge >= 0.3 is 0 Å². The minimum Gasteiger partial charge on any atom is -0.321 e. The van der Waals surface area contributed by atoms with Crippen LogP contribution in [0.3, 0.4) is 0 Å². The Kier molecular flexibility index (Phi) is 6.58. The maximum Gasteiger partial charge on any atom is 0.252 e. The van der Waals surface area contributed by atoms with E-state index in [4.69, 9.17) is 0 Å². The molecule has 1 aromatic carbocycles. The van der Waals surface area contributed by atoms with Gasteiger partial charge in [0.25, 0.3) is 5.56 Å². The molecule has 7 heteroatoms. The van der Waals surface area contributed by atoms with Crippen LogP contribution in [-0.2, 0) is 6.54 Å². The van der Waals surface area contributed by atoms with Crippen LogP contribution < -0.4 is 5.56 Å². The number of tetrazole rings is 1. The Morgan fingerprint density at radius 2 is 1.88 bits per heavy atom. The number of aromatic nitrogens is 5. The van der Waals surface area contributed by atoms with Gasteiger partial charge in [-0.2, -0.15) is 0 Å². The number of hydrogen-bond donors (Lipinski definition) is 1. The molecule has 0 bridgehead atoms. The van der Waals surface area contributed by atoms with Crippen LogP contribution in [-0.4, -0.2) is 36.1 Å². The Balaban J connectivity index is 1.51. The molecule has 5 rings (SSSR count). The van der Waals surface area contributed by atoms with Crippen molar-refractivity contribution >= 4 is 10.9 Å². The molecule has 0 spiro atoms. The molecule has 2 aromatic heterocycles. The molecule has 1 atom stereocenters. The van der Waals surface area contributed by atoms with E-state index in [-0.39, 0.29) is 11.6 Å². The number of H-pyrrole nitrogens is 1. The molecule has 2 saturated carbocycles. The van der Waals surface area contributed by atoms with Crippen molar-refractivity contribution in [2.75, 3.05) is 0 Å². The zero-order valence-corrected chi connectivity index (χ0v) is 20.0. The normalized spacial score (nSPS) is 19.0. The van der Waals surface area contributed by atoms with Gasteiger partial charge in [0.1, 0.15) is 0 Å². The zero-order valence-electron chi connectivity index (χ0n) is 20.0. The molecule has 176 valence electrons. The molecular weight excluding hydrogens is 412 g/mol. The lowest BCUT2D eigenvalue weighted by atomic mass is 9.95. The lowest BCUT2D eigenvalue weighted by Crippen LogP contribution is -2.39. The van der Waals surface area contributed by atoms with Crippen LogP contribution >= 0.6 is 0 Å². The number of rotatable bonds is 7. The van der Waals surface area contributed by atoms with Crippen LogP contribution in [0, 0.1) is 6.92 Å². The summed E-state index contributed by atoms with van der Waals surface area (Å²) in [5.74, 6) is 0.976. The summed E-state index contributed by atoms with van der Waals surface area (Å²) < 4.78 is 2.11. The third-order valence-corrected chi connectivity index (χ3v) is 7.84. The van der Waals surface area contributed by atoms with Crippen LogP contribution in [0.15, 0.2) is 29.1 Å². The number of benzene rings is 1. The van der Waals surface area contributed by atoms with E-state index in [1.807, 2.05) is 13.0 Å². The van der Waals surface area contributed by atoms with E-state index >= 15 is 0 Å². The summed E-state index contributed by atoms with van der Waals surface area (Å²) in [6, 6.07) is 9.23. The fourth-order valence-electron chi connectivity index (χ4n) is 6.04. The van der Waals surface area contributed by atoms with Gasteiger partial charge in [0.05, 0.1) is 17.6 Å². The van der Waals surface area contributed by atoms with E-state index in [9.17, 15) is 4.79 Å². The number of nitrogens with one attached hydrogen (secondary N) is 1. The molecule has 0 saturated heterocycles. The van der Waals surface area contributed by atoms with Crippen LogP contribution in [0.1, 0.15) is 100 Å². The Morgan fingerprint density at radius 3 is 2.64 bits per heavy atom. The van der Waals surface area contributed by atoms with Crippen molar-refractivity contribution < 1.29 is 0 Å². The van der Waals surface area contributed by atoms with Crippen LogP contribution in [0.2, 0.25) is 0 Å². The van der Waals surface area contributed by atoms with Gasteiger partial charge in [0.2, 0.25) is 0 Å². The number of para-hydroxylation sites is 1. The SMILES string of the molecule is CC[C@@H](c1nnnn1C1CCCCC1)N(Cc1cc2cccc(C)c2[nH]c1=O)C1CCCC1. The molecule has 0 aliphatic heterocycles. The summed E-state index contributed by atoms with van der Waals surface area (Å²) >= 11 is 0. The van der Waals surface area contributed by atoms with Gasteiger partial charge in [0, 0.05) is 18.2 Å². The highest BCUT2D eigenvalue weighted by molar-refractivity contribution is 5.81. The summed E-state index contributed by atoms with van der Waals surface area (Å²) in [7, 11) is 0. The number of nitrogens with zero attached hydrogens (tertiary/aromatic N) is 5. The molecule has 1 N–H and O–H groups in total. The lowest BCUT2D eigenvalue weighted by molar-refractivity contribution is 0.109. The van der Waals surface area contributed by atoms with Crippen LogP contribution in [0.4, 0.5) is 0 Å². The highest BCUT2D eigenvalue weighted by Crippen LogP contribution is 2.36. The topological polar surface area (TPSA) is 79.7 Å². The largest absolute Gasteiger partial charge is 0.321 e. The number of aryl methyl sites for hydroxylation is 1. The molecule has 7 nitrogen and oxygen atoms in total. The molecule has 2 fully saturated rings. The maximum absolute atomic E-state index is 13.1. The predicted octanol–water partition coefficient (Wildman–Crippen LogP) is 5.22. The molecule has 33 heavy (non-hydrogen) atoms. The van der Waals surface area contributed by atoms with Crippen molar-refractivity contribution in [3.8, 4) is 0 Å². The van der Waals surface area contributed by atoms with E-state index in [2.05, 4.69) is 55.2 Å². The third kappa shape index (κ3) is 4.47. The van der Waals surface area contributed by atoms with Gasteiger partial charge in [0.15, 0.2) is 5.82 Å². The van der Waals surface area contributed by atoms with Crippen molar-refractivity contribution in [1.29, 1.82) is 0 Å². The van der Waals surface area contributed by atoms with Gasteiger partial charge in [-0.1, -0.05) is 57.2 Å². The van der Waals surface area contributed by atoms with Crippen molar-refractivity contribution in [1.82, 2.24) is 30.1 Å². The van der Waals surface area contributed by atoms with E-state index in [0.29, 0.717) is 18.6 Å². The monoisotopic (exact) mass is 448 g/mol. The molecule has 3 aromatic rings. The van der Waals surface area contributed by atoms with Crippen LogP contribution in [0.25, 0.3) is 10.9 Å². The van der Waals surface area contributed by atoms with E-state index in [0.717, 1.165) is 47.1 Å². The summed E-state index contributed by atoms with van der Waals surface area (Å²) in [5, 5.41) is 14.2. The standard InChI is InChI=1S/C26H36N6O/c1-3-23(25-28-29-30-32(25)22-14-5-4-6-15-22)31(21-12-7-8-13-21)17-20-16-19-11-9-10-18(2)24(19)27-26(20)33/h9-11,16,21-23H,3-8,12-15,17H2,1-2H3,(H,27,33)/t23-/m0/s1. The lowest BCUT2D eigenvalue weighted by Gasteiger charge is -2.36. The minimum atomic E-state index is 0.0153. The number of pyridine rings is 1. The summed E-state index contributed by atoms with van der Waals surface area (Å²) in [5.41, 5.74) is 2.88. The fraction of sp³-hybridized carbons (Fsp3) is 0.615. The van der Waals surface area contributed by atoms with Crippen molar-refractivity contribution in [3.63, 3.8) is 0 Å². The first kappa shape index (κ1) is 22.3. The maximum atomic E-state index is 13.1. The second-order valence-electron chi connectivity index (χ2n) is 9.97. The second kappa shape index (κ2) is 9.75. The van der Waals surface area contributed by atoms with E-state index in [1.54, 1.807) is 0 Å². The average Bonchev–Trinajstić information content (AvgIpc) is 3.53. The Hall–Kier alpha value is -2.54. The zero-order chi connectivity index (χ0) is 22.8. The van der Waals surface area contributed by atoms with Crippen LogP contribution in [0.5, 0.6) is 0 Å². The first-order valence-corrected chi connectivity index (χ1v) is 12.8. The van der Waals surface area contributed by atoms with E-state index in [1.165, 1.54) is 44.9 Å². The van der Waals surface area contributed by atoms with Gasteiger partial charge in [-0.25, -0.2) is 4.68 Å². The summed E-state index contributed by atoms with van der Waals surface area (Å²) in [6.07, 6.45) is 11.9. The first-order valence-electron chi connectivity index (χ1n) is 12.8. The van der Waals surface area contributed by atoms with Crippen molar-refractivity contribution in [2.45, 2.75) is 103 Å². The fourth-order valence-corrected chi connectivity index (χ4v) is 6.04. The Labute approximate surface area is 195 Å².